The molecule has 0 bridgehead atoms. The number of anilines is 1. The van der Waals surface area contributed by atoms with Crippen molar-refractivity contribution >= 4 is 22.5 Å². The quantitative estimate of drug-likeness (QED) is 0.451. The Bertz CT molecular complexity index is 1240. The Labute approximate surface area is 185 Å². The highest BCUT2D eigenvalue weighted by Gasteiger charge is 2.12. The fourth-order valence-electron chi connectivity index (χ4n) is 3.21. The van der Waals surface area contributed by atoms with Crippen LogP contribution in [0.5, 0.6) is 23.0 Å². The van der Waals surface area contributed by atoms with Crippen LogP contribution in [0.1, 0.15) is 12.6 Å². The molecule has 3 aromatic heterocycles. The molecule has 3 heterocycles. The van der Waals surface area contributed by atoms with Gasteiger partial charge in [-0.25, -0.2) is 0 Å². The van der Waals surface area contributed by atoms with Crippen molar-refractivity contribution in [2.75, 3.05) is 19.5 Å². The number of amides is 1. The van der Waals surface area contributed by atoms with Crippen LogP contribution in [0.15, 0.2) is 55.1 Å². The number of nitrogens with one attached hydrogen (secondary N) is 1. The van der Waals surface area contributed by atoms with Crippen molar-refractivity contribution in [3.05, 3.63) is 60.8 Å². The Hall–Kier alpha value is -4.14. The zero-order valence-corrected chi connectivity index (χ0v) is 18.0. The Morgan fingerprint density at radius 2 is 1.84 bits per heavy atom. The van der Waals surface area contributed by atoms with E-state index in [9.17, 15) is 4.79 Å². The third kappa shape index (κ3) is 4.61. The van der Waals surface area contributed by atoms with Gasteiger partial charge in [0.15, 0.2) is 11.5 Å². The zero-order valence-electron chi connectivity index (χ0n) is 18.0. The van der Waals surface area contributed by atoms with E-state index in [4.69, 9.17) is 14.2 Å². The largest absolute Gasteiger partial charge is 0.493 e. The molecule has 0 radical (unpaired) electrons. The first kappa shape index (κ1) is 21.1. The average Bonchev–Trinajstić information content (AvgIpc) is 3.27. The molecule has 0 unspecified atom stereocenters. The molecular formula is C23H23N5O4. The number of rotatable bonds is 8. The number of pyridine rings is 2. The minimum absolute atomic E-state index is 0.146. The lowest BCUT2D eigenvalue weighted by molar-refractivity contribution is -0.115. The summed E-state index contributed by atoms with van der Waals surface area (Å²) in [5.41, 5.74) is 2.00. The van der Waals surface area contributed by atoms with Crippen LogP contribution in [-0.4, -0.2) is 39.9 Å². The van der Waals surface area contributed by atoms with Crippen molar-refractivity contribution in [3.63, 3.8) is 0 Å². The highest BCUT2D eigenvalue weighted by Crippen LogP contribution is 2.36. The van der Waals surface area contributed by atoms with E-state index < -0.39 is 0 Å². The van der Waals surface area contributed by atoms with Crippen LogP contribution in [0.4, 0.5) is 5.69 Å². The molecular weight excluding hydrogens is 410 g/mol. The average molecular weight is 433 g/mol. The van der Waals surface area contributed by atoms with Crippen molar-refractivity contribution in [1.29, 1.82) is 0 Å². The van der Waals surface area contributed by atoms with Crippen LogP contribution < -0.4 is 19.5 Å². The Kier molecular flexibility index (Phi) is 6.16. The lowest BCUT2D eigenvalue weighted by Gasteiger charge is -2.12. The van der Waals surface area contributed by atoms with Gasteiger partial charge in [-0.05, 0) is 31.2 Å². The molecule has 0 saturated heterocycles. The van der Waals surface area contributed by atoms with Gasteiger partial charge < -0.3 is 19.5 Å². The molecule has 9 nitrogen and oxygen atoms in total. The predicted molar refractivity (Wildman–Crippen MR) is 119 cm³/mol. The Morgan fingerprint density at radius 3 is 2.53 bits per heavy atom. The molecule has 0 spiro atoms. The van der Waals surface area contributed by atoms with E-state index >= 15 is 0 Å². The molecule has 0 aliphatic rings. The second-order valence-electron chi connectivity index (χ2n) is 6.93. The van der Waals surface area contributed by atoms with E-state index in [0.717, 1.165) is 11.9 Å². The summed E-state index contributed by atoms with van der Waals surface area (Å²) in [6.07, 6.45) is 6.80. The number of hydrogen-bond donors (Lipinski definition) is 1. The summed E-state index contributed by atoms with van der Waals surface area (Å²) in [5, 5.41) is 7.73. The van der Waals surface area contributed by atoms with Gasteiger partial charge in [0.25, 0.3) is 0 Å². The monoisotopic (exact) mass is 433 g/mol. The SMILES string of the molecule is CCn1cc(NC(=O)Cc2ccc(Oc3ccnc4cc(OC)c(OC)cc34)cn2)cn1. The molecule has 0 atom stereocenters. The fraction of sp³-hybridized carbons (Fsp3) is 0.217. The van der Waals surface area contributed by atoms with Gasteiger partial charge in [-0.3, -0.25) is 19.4 Å². The van der Waals surface area contributed by atoms with Crippen LogP contribution >= 0.6 is 0 Å². The molecule has 0 saturated carbocycles. The van der Waals surface area contributed by atoms with Crippen molar-refractivity contribution in [3.8, 4) is 23.0 Å². The highest BCUT2D eigenvalue weighted by atomic mass is 16.5. The summed E-state index contributed by atoms with van der Waals surface area (Å²) in [4.78, 5) is 21.0. The van der Waals surface area contributed by atoms with Gasteiger partial charge in [-0.1, -0.05) is 0 Å². The number of fused-ring (bicyclic) bond motifs is 1. The predicted octanol–water partition coefficient (Wildman–Crippen LogP) is 3.84. The number of aryl methyl sites for hydroxylation is 1. The molecule has 4 aromatic rings. The van der Waals surface area contributed by atoms with E-state index in [0.29, 0.717) is 39.9 Å². The number of ether oxygens (including phenoxy) is 3. The third-order valence-corrected chi connectivity index (χ3v) is 4.81. The summed E-state index contributed by atoms with van der Waals surface area (Å²) in [5.74, 6) is 2.16. The highest BCUT2D eigenvalue weighted by molar-refractivity contribution is 5.91. The van der Waals surface area contributed by atoms with Crippen molar-refractivity contribution in [1.82, 2.24) is 19.7 Å². The van der Waals surface area contributed by atoms with Gasteiger partial charge in [0.05, 0.1) is 44.2 Å². The first-order chi connectivity index (χ1) is 15.6. The smallest absolute Gasteiger partial charge is 0.230 e. The maximum atomic E-state index is 12.3. The number of methoxy groups -OCH3 is 2. The van der Waals surface area contributed by atoms with Crippen molar-refractivity contribution in [2.24, 2.45) is 0 Å². The molecule has 1 N–H and O–H groups in total. The standard InChI is InChI=1S/C23H23N5O4/c1-4-28-14-16(12-26-28)27-23(29)9-15-5-6-17(13-25-15)32-20-7-8-24-19-11-22(31-3)21(30-2)10-18(19)20/h5-8,10-14H,4,9H2,1-3H3,(H,27,29). The molecule has 0 aliphatic heterocycles. The van der Waals surface area contributed by atoms with E-state index in [1.807, 2.05) is 13.0 Å². The normalized spacial score (nSPS) is 10.7. The second kappa shape index (κ2) is 9.34. The number of hydrogen-bond acceptors (Lipinski definition) is 7. The summed E-state index contributed by atoms with van der Waals surface area (Å²) in [6, 6.07) is 8.93. The lowest BCUT2D eigenvalue weighted by atomic mass is 10.2. The topological polar surface area (TPSA) is 100 Å². The van der Waals surface area contributed by atoms with Gasteiger partial charge in [-0.2, -0.15) is 5.10 Å². The fourth-order valence-corrected chi connectivity index (χ4v) is 3.21. The minimum atomic E-state index is -0.164. The summed E-state index contributed by atoms with van der Waals surface area (Å²) in [6.45, 7) is 2.72. The minimum Gasteiger partial charge on any atom is -0.493 e. The molecule has 1 aromatic carbocycles. The molecule has 4 rings (SSSR count). The van der Waals surface area contributed by atoms with Crippen molar-refractivity contribution < 1.29 is 19.0 Å². The molecule has 0 fully saturated rings. The van der Waals surface area contributed by atoms with E-state index in [-0.39, 0.29) is 12.3 Å². The Balaban J connectivity index is 1.46. The van der Waals surface area contributed by atoms with E-state index in [2.05, 4.69) is 20.4 Å². The lowest BCUT2D eigenvalue weighted by Crippen LogP contribution is -2.14. The van der Waals surface area contributed by atoms with E-state index in [1.54, 1.807) is 68.0 Å². The van der Waals surface area contributed by atoms with Gasteiger partial charge in [-0.15, -0.1) is 0 Å². The maximum Gasteiger partial charge on any atom is 0.230 e. The second-order valence-corrected chi connectivity index (χ2v) is 6.93. The molecule has 0 aliphatic carbocycles. The third-order valence-electron chi connectivity index (χ3n) is 4.81. The van der Waals surface area contributed by atoms with Gasteiger partial charge >= 0.3 is 0 Å². The van der Waals surface area contributed by atoms with Crippen LogP contribution in [0.3, 0.4) is 0 Å². The molecule has 9 heteroatoms. The first-order valence-corrected chi connectivity index (χ1v) is 10.1. The number of carbonyl (C=O) groups excluding carboxylic acids is 1. The molecule has 1 amide bonds. The van der Waals surface area contributed by atoms with Crippen LogP contribution in [-0.2, 0) is 17.8 Å². The van der Waals surface area contributed by atoms with Gasteiger partial charge in [0, 0.05) is 36.1 Å². The van der Waals surface area contributed by atoms with E-state index in [1.165, 1.54) is 0 Å². The molecule has 164 valence electrons. The summed E-state index contributed by atoms with van der Waals surface area (Å²) < 4.78 is 18.5. The summed E-state index contributed by atoms with van der Waals surface area (Å²) in [7, 11) is 3.16. The number of aromatic nitrogens is 4. The number of carbonyl (C=O) groups is 1. The maximum absolute atomic E-state index is 12.3. The summed E-state index contributed by atoms with van der Waals surface area (Å²) >= 11 is 0. The van der Waals surface area contributed by atoms with Crippen molar-refractivity contribution in [2.45, 2.75) is 19.9 Å². The van der Waals surface area contributed by atoms with Crippen LogP contribution in [0.25, 0.3) is 10.9 Å². The molecule has 32 heavy (non-hydrogen) atoms. The van der Waals surface area contributed by atoms with Crippen LogP contribution in [0, 0.1) is 0 Å². The Morgan fingerprint density at radius 1 is 1.03 bits per heavy atom. The zero-order chi connectivity index (χ0) is 22.5. The van der Waals surface area contributed by atoms with Gasteiger partial charge in [0.1, 0.15) is 11.5 Å². The number of benzene rings is 1. The number of nitrogens with zero attached hydrogens (tertiary/aromatic N) is 4. The first-order valence-electron chi connectivity index (χ1n) is 10.1. The van der Waals surface area contributed by atoms with Crippen LogP contribution in [0.2, 0.25) is 0 Å². The van der Waals surface area contributed by atoms with Gasteiger partial charge in [0.2, 0.25) is 5.91 Å².